The Hall–Kier alpha value is -7.62. The molecule has 0 saturated heterocycles. The second-order valence-electron chi connectivity index (χ2n) is 15.0. The number of aromatic nitrogens is 2. The Bertz CT molecular complexity index is 3430. The summed E-state index contributed by atoms with van der Waals surface area (Å²) in [6.07, 6.45) is 0. The maximum atomic E-state index is 2.45. The summed E-state index contributed by atoms with van der Waals surface area (Å²) >= 11 is 0. The van der Waals surface area contributed by atoms with Crippen LogP contribution >= 0.6 is 0 Å². The molecule has 12 aromatic rings. The summed E-state index contributed by atoms with van der Waals surface area (Å²) < 4.78 is 4.82. The zero-order valence-corrected chi connectivity index (χ0v) is 31.0. The van der Waals surface area contributed by atoms with Crippen LogP contribution in [-0.4, -0.2) is 8.97 Å². The fourth-order valence-electron chi connectivity index (χ4n) is 9.25. The van der Waals surface area contributed by atoms with E-state index in [-0.39, 0.29) is 0 Å². The molecule has 0 fully saturated rings. The van der Waals surface area contributed by atoms with E-state index >= 15 is 0 Å². The van der Waals surface area contributed by atoms with Crippen molar-refractivity contribution in [3.63, 3.8) is 0 Å². The molecule has 9 aromatic carbocycles. The highest BCUT2D eigenvalue weighted by Gasteiger charge is 2.20. The monoisotopic (exact) mass is 725 g/mol. The van der Waals surface area contributed by atoms with Gasteiger partial charge in [0, 0.05) is 55.1 Å². The normalized spacial score (nSPS) is 11.9. The zero-order chi connectivity index (χ0) is 37.5. The van der Waals surface area contributed by atoms with Gasteiger partial charge in [0.25, 0.3) is 0 Å². The third kappa shape index (κ3) is 4.86. The molecule has 57 heavy (non-hydrogen) atoms. The molecule has 3 aromatic heterocycles. The number of hydrogen-bond donors (Lipinski definition) is 0. The van der Waals surface area contributed by atoms with E-state index in [9.17, 15) is 0 Å². The van der Waals surface area contributed by atoms with Crippen molar-refractivity contribution in [1.82, 2.24) is 8.97 Å². The smallest absolute Gasteiger partial charge is 0.0620 e. The van der Waals surface area contributed by atoms with E-state index in [0.29, 0.717) is 0 Å². The minimum atomic E-state index is 1.11. The highest BCUT2D eigenvalue weighted by molar-refractivity contribution is 6.23. The summed E-state index contributed by atoms with van der Waals surface area (Å²) in [5, 5.41) is 7.64. The quantitative estimate of drug-likeness (QED) is 0.166. The fourth-order valence-corrected chi connectivity index (χ4v) is 9.25. The van der Waals surface area contributed by atoms with E-state index in [1.165, 1.54) is 87.8 Å². The zero-order valence-electron chi connectivity index (χ0n) is 31.0. The highest BCUT2D eigenvalue weighted by atomic mass is 15.1. The Morgan fingerprint density at radius 2 is 0.737 bits per heavy atom. The molecule has 0 N–H and O–H groups in total. The molecule has 0 atom stereocenters. The lowest BCUT2D eigenvalue weighted by Crippen LogP contribution is -2.09. The molecule has 0 radical (unpaired) electrons. The van der Waals surface area contributed by atoms with Crippen LogP contribution in [0.15, 0.2) is 212 Å². The van der Waals surface area contributed by atoms with E-state index in [1.54, 1.807) is 0 Å². The number of para-hydroxylation sites is 4. The van der Waals surface area contributed by atoms with Gasteiger partial charge in [0.05, 0.1) is 27.6 Å². The van der Waals surface area contributed by atoms with Gasteiger partial charge in [-0.1, -0.05) is 133 Å². The Labute approximate surface area is 329 Å². The average Bonchev–Trinajstić information content (AvgIpc) is 3.92. The Morgan fingerprint density at radius 3 is 1.46 bits per heavy atom. The number of nitrogens with zero attached hydrogens (tertiary/aromatic N) is 3. The maximum absolute atomic E-state index is 2.45. The van der Waals surface area contributed by atoms with Crippen molar-refractivity contribution >= 4 is 77.0 Å². The van der Waals surface area contributed by atoms with Gasteiger partial charge in [-0.15, -0.1) is 0 Å². The largest absolute Gasteiger partial charge is 0.310 e. The molecule has 0 amide bonds. The third-order valence-electron chi connectivity index (χ3n) is 11.8. The van der Waals surface area contributed by atoms with Crippen LogP contribution < -0.4 is 4.90 Å². The van der Waals surface area contributed by atoms with Crippen molar-refractivity contribution in [2.75, 3.05) is 4.90 Å². The van der Waals surface area contributed by atoms with Gasteiger partial charge in [0.15, 0.2) is 0 Å². The summed E-state index contributed by atoms with van der Waals surface area (Å²) in [5.74, 6) is 0. The molecule has 0 saturated carbocycles. The average molecular weight is 726 g/mol. The van der Waals surface area contributed by atoms with Crippen LogP contribution in [0.5, 0.6) is 0 Å². The van der Waals surface area contributed by atoms with Crippen LogP contribution in [0.3, 0.4) is 0 Å². The van der Waals surface area contributed by atoms with Crippen molar-refractivity contribution in [3.8, 4) is 27.9 Å². The van der Waals surface area contributed by atoms with Gasteiger partial charge in [-0.2, -0.15) is 0 Å². The minimum absolute atomic E-state index is 1.11. The first-order valence-corrected chi connectivity index (χ1v) is 19.6. The molecular formula is C54H35N3. The summed E-state index contributed by atoms with van der Waals surface area (Å²) in [4.78, 5) is 2.39. The number of benzene rings is 9. The predicted octanol–water partition coefficient (Wildman–Crippen LogP) is 14.7. The first kappa shape index (κ1) is 31.7. The number of fused-ring (bicyclic) bond motifs is 9. The van der Waals surface area contributed by atoms with Gasteiger partial charge in [-0.25, -0.2) is 0 Å². The highest BCUT2D eigenvalue weighted by Crippen LogP contribution is 2.43. The molecule has 0 spiro atoms. The van der Waals surface area contributed by atoms with Crippen LogP contribution in [0.1, 0.15) is 0 Å². The lowest BCUT2D eigenvalue weighted by Gasteiger charge is -2.26. The van der Waals surface area contributed by atoms with Crippen LogP contribution in [0, 0.1) is 0 Å². The standard InChI is InChI=1S/C54H35N3/c1-3-12-36(13-4-1)37-22-27-41(28-23-37)55(43-31-33-53-49(35-43)47-19-11-18-46-44-16-7-10-21-51(44)57(53)54(46)47)42-29-24-38(25-30-42)39-26-32-52-48(34-39)45-17-8-9-20-50(45)56(52)40-14-5-2-6-15-40/h1-35H. The van der Waals surface area contributed by atoms with E-state index < -0.39 is 0 Å². The second-order valence-corrected chi connectivity index (χ2v) is 15.0. The van der Waals surface area contributed by atoms with Crippen molar-refractivity contribution in [1.29, 1.82) is 0 Å². The molecule has 0 aliphatic heterocycles. The van der Waals surface area contributed by atoms with Crippen LogP contribution in [0.25, 0.3) is 87.8 Å². The molecule has 0 bridgehead atoms. The van der Waals surface area contributed by atoms with E-state index in [1.807, 2.05) is 0 Å². The number of hydrogen-bond acceptors (Lipinski definition) is 1. The van der Waals surface area contributed by atoms with Gasteiger partial charge in [-0.05, 0) is 101 Å². The molecule has 3 heteroatoms. The summed E-state index contributed by atoms with van der Waals surface area (Å²) in [6, 6.07) is 77.3. The first-order chi connectivity index (χ1) is 28.3. The summed E-state index contributed by atoms with van der Waals surface area (Å²) in [7, 11) is 0. The molecule has 12 rings (SSSR count). The molecule has 0 aliphatic carbocycles. The van der Waals surface area contributed by atoms with Crippen molar-refractivity contribution in [2.45, 2.75) is 0 Å². The van der Waals surface area contributed by atoms with Crippen molar-refractivity contribution in [3.05, 3.63) is 212 Å². The van der Waals surface area contributed by atoms with Gasteiger partial charge in [0.2, 0.25) is 0 Å². The van der Waals surface area contributed by atoms with Gasteiger partial charge in [0.1, 0.15) is 0 Å². The molecule has 3 heterocycles. The number of rotatable bonds is 6. The van der Waals surface area contributed by atoms with Gasteiger partial charge < -0.3 is 13.9 Å². The lowest BCUT2D eigenvalue weighted by molar-refractivity contribution is 1.18. The third-order valence-corrected chi connectivity index (χ3v) is 11.8. The van der Waals surface area contributed by atoms with Gasteiger partial charge in [-0.3, -0.25) is 0 Å². The number of anilines is 3. The minimum Gasteiger partial charge on any atom is -0.310 e. The van der Waals surface area contributed by atoms with E-state index in [2.05, 4.69) is 226 Å². The Kier molecular flexibility index (Phi) is 6.93. The second kappa shape index (κ2) is 12.5. The molecule has 266 valence electrons. The van der Waals surface area contributed by atoms with Crippen LogP contribution in [0.4, 0.5) is 17.1 Å². The van der Waals surface area contributed by atoms with Gasteiger partial charge >= 0.3 is 0 Å². The molecule has 0 aliphatic rings. The van der Waals surface area contributed by atoms with E-state index in [0.717, 1.165) is 17.1 Å². The van der Waals surface area contributed by atoms with Crippen LogP contribution in [0.2, 0.25) is 0 Å². The van der Waals surface area contributed by atoms with Crippen molar-refractivity contribution in [2.24, 2.45) is 0 Å². The molecule has 3 nitrogen and oxygen atoms in total. The lowest BCUT2D eigenvalue weighted by atomic mass is 10.0. The Morgan fingerprint density at radius 1 is 0.281 bits per heavy atom. The SMILES string of the molecule is c1ccc(-c2ccc(N(c3ccc(-c4ccc5c(c4)c4ccccc4n5-c4ccccc4)cc3)c3ccc4c(c3)c3cccc5c6ccccc6n4c53)cc2)cc1. The van der Waals surface area contributed by atoms with Crippen molar-refractivity contribution < 1.29 is 0 Å². The first-order valence-electron chi connectivity index (χ1n) is 19.6. The predicted molar refractivity (Wildman–Crippen MR) is 241 cm³/mol. The topological polar surface area (TPSA) is 12.6 Å². The summed E-state index contributed by atoms with van der Waals surface area (Å²) in [6.45, 7) is 0. The Balaban J connectivity index is 0.993. The molecule has 0 unspecified atom stereocenters. The maximum Gasteiger partial charge on any atom is 0.0620 e. The molecular weight excluding hydrogens is 691 g/mol. The van der Waals surface area contributed by atoms with Crippen LogP contribution in [-0.2, 0) is 0 Å². The fraction of sp³-hybridized carbons (Fsp3) is 0. The summed E-state index contributed by atoms with van der Waals surface area (Å²) in [5.41, 5.74) is 15.5. The van der Waals surface area contributed by atoms with E-state index in [4.69, 9.17) is 0 Å².